The Kier molecular flexibility index (Phi) is 12.5. The molecule has 162 valence electrons. The fraction of sp³-hybridized carbons (Fsp3) is 0.654. The summed E-state index contributed by atoms with van der Waals surface area (Å²) >= 11 is 0. The van der Waals surface area contributed by atoms with Crippen molar-refractivity contribution in [3.05, 3.63) is 42.7 Å². The molecule has 2 aromatic rings. The molecular weight excluding hydrogens is 356 g/mol. The molecule has 0 N–H and O–H groups in total. The quantitative estimate of drug-likeness (QED) is 0.204. The van der Waals surface area contributed by atoms with Gasteiger partial charge in [0.2, 0.25) is 0 Å². The van der Waals surface area contributed by atoms with Crippen LogP contribution in [0.15, 0.2) is 42.7 Å². The number of imidazole rings is 1. The van der Waals surface area contributed by atoms with Gasteiger partial charge in [0, 0.05) is 0 Å². The number of ether oxygens (including phenoxy) is 1. The molecule has 3 nitrogen and oxygen atoms in total. The molecular formula is C26H43N2O+. The maximum absolute atomic E-state index is 6.02. The number of hydrogen-bond acceptors (Lipinski definition) is 1. The summed E-state index contributed by atoms with van der Waals surface area (Å²) in [6.45, 7) is 7.13. The number of benzene rings is 1. The zero-order chi connectivity index (χ0) is 20.6. The Labute approximate surface area is 179 Å². The van der Waals surface area contributed by atoms with E-state index in [0.29, 0.717) is 6.73 Å². The van der Waals surface area contributed by atoms with Gasteiger partial charge in [-0.15, -0.1) is 0 Å². The second-order valence-electron chi connectivity index (χ2n) is 8.22. The van der Waals surface area contributed by atoms with Crippen LogP contribution in [0.1, 0.15) is 90.9 Å². The van der Waals surface area contributed by atoms with Crippen LogP contribution in [0, 0.1) is 0 Å². The van der Waals surface area contributed by atoms with Crippen molar-refractivity contribution in [3.63, 3.8) is 0 Å². The summed E-state index contributed by atoms with van der Waals surface area (Å²) in [4.78, 5) is 0. The van der Waals surface area contributed by atoms with E-state index < -0.39 is 0 Å². The van der Waals surface area contributed by atoms with Crippen LogP contribution in [0.25, 0.3) is 11.4 Å². The Bertz CT molecular complexity index is 635. The van der Waals surface area contributed by atoms with Gasteiger partial charge in [0.25, 0.3) is 5.82 Å². The predicted molar refractivity (Wildman–Crippen MR) is 123 cm³/mol. The van der Waals surface area contributed by atoms with Crippen molar-refractivity contribution in [2.24, 2.45) is 0 Å². The molecule has 2 rings (SSSR count). The third-order valence-corrected chi connectivity index (χ3v) is 5.63. The van der Waals surface area contributed by atoms with Gasteiger partial charge < -0.3 is 4.74 Å². The second-order valence-corrected chi connectivity index (χ2v) is 8.22. The van der Waals surface area contributed by atoms with E-state index in [9.17, 15) is 0 Å². The van der Waals surface area contributed by atoms with Crippen LogP contribution in [-0.4, -0.2) is 11.2 Å². The van der Waals surface area contributed by atoms with Crippen LogP contribution < -0.4 is 4.57 Å². The van der Waals surface area contributed by atoms with Gasteiger partial charge in [0.1, 0.15) is 12.4 Å². The Morgan fingerprint density at radius 1 is 0.759 bits per heavy atom. The minimum Gasteiger partial charge on any atom is -0.342 e. The molecule has 0 amide bonds. The lowest BCUT2D eigenvalue weighted by Gasteiger charge is -2.07. The molecule has 0 radical (unpaired) electrons. The van der Waals surface area contributed by atoms with Gasteiger partial charge in [0.05, 0.1) is 18.7 Å². The van der Waals surface area contributed by atoms with Crippen LogP contribution in [0.4, 0.5) is 0 Å². The maximum atomic E-state index is 6.02. The summed E-state index contributed by atoms with van der Waals surface area (Å²) in [6, 6.07) is 10.7. The molecule has 1 aromatic carbocycles. The predicted octanol–water partition coefficient (Wildman–Crippen LogP) is 7.14. The summed E-state index contributed by atoms with van der Waals surface area (Å²) in [7, 11) is 0. The highest BCUT2D eigenvalue weighted by molar-refractivity contribution is 5.52. The Hall–Kier alpha value is -1.61. The molecule has 0 aliphatic rings. The highest BCUT2D eigenvalue weighted by Gasteiger charge is 2.19. The Morgan fingerprint density at radius 3 is 2.07 bits per heavy atom. The van der Waals surface area contributed by atoms with Crippen molar-refractivity contribution < 1.29 is 9.30 Å². The molecule has 0 atom stereocenters. The molecule has 0 aliphatic heterocycles. The van der Waals surface area contributed by atoms with Crippen molar-refractivity contribution in [2.75, 3.05) is 6.61 Å². The molecule has 0 unspecified atom stereocenters. The van der Waals surface area contributed by atoms with Crippen LogP contribution in [-0.2, 0) is 18.0 Å². The van der Waals surface area contributed by atoms with Gasteiger partial charge in [-0.05, 0) is 31.4 Å². The summed E-state index contributed by atoms with van der Waals surface area (Å²) in [6.07, 6.45) is 20.2. The first-order valence-corrected chi connectivity index (χ1v) is 12.1. The van der Waals surface area contributed by atoms with Crippen LogP contribution in [0.2, 0.25) is 0 Å². The Balaban J connectivity index is 1.84. The third-order valence-electron chi connectivity index (χ3n) is 5.63. The number of rotatable bonds is 17. The summed E-state index contributed by atoms with van der Waals surface area (Å²) in [5, 5.41) is 0. The first-order chi connectivity index (χ1) is 14.4. The van der Waals surface area contributed by atoms with Crippen molar-refractivity contribution in [1.82, 2.24) is 4.57 Å². The van der Waals surface area contributed by atoms with Crippen LogP contribution in [0.5, 0.6) is 0 Å². The van der Waals surface area contributed by atoms with Crippen molar-refractivity contribution in [2.45, 2.75) is 104 Å². The summed E-state index contributed by atoms with van der Waals surface area (Å²) < 4.78 is 10.7. The van der Waals surface area contributed by atoms with Gasteiger partial charge in [-0.3, -0.25) is 0 Å². The molecule has 0 bridgehead atoms. The van der Waals surface area contributed by atoms with Gasteiger partial charge in [0.15, 0.2) is 6.73 Å². The molecule has 0 aliphatic carbocycles. The SMILES string of the molecule is CCCCCCCCOC[n+]1ccn(CCCCCCCC)c1-c1ccccc1. The van der Waals surface area contributed by atoms with Crippen molar-refractivity contribution >= 4 is 0 Å². The van der Waals surface area contributed by atoms with E-state index in [-0.39, 0.29) is 0 Å². The van der Waals surface area contributed by atoms with Crippen LogP contribution in [0.3, 0.4) is 0 Å². The van der Waals surface area contributed by atoms with E-state index in [2.05, 4.69) is 65.7 Å². The number of aromatic nitrogens is 2. The summed E-state index contributed by atoms with van der Waals surface area (Å²) in [5.74, 6) is 1.27. The van der Waals surface area contributed by atoms with Crippen molar-refractivity contribution in [3.8, 4) is 11.4 Å². The maximum Gasteiger partial charge on any atom is 0.290 e. The third kappa shape index (κ3) is 9.16. The largest absolute Gasteiger partial charge is 0.342 e. The van der Waals surface area contributed by atoms with E-state index >= 15 is 0 Å². The fourth-order valence-corrected chi connectivity index (χ4v) is 3.88. The Morgan fingerprint density at radius 2 is 1.38 bits per heavy atom. The van der Waals surface area contributed by atoms with E-state index in [0.717, 1.165) is 13.2 Å². The number of nitrogens with zero attached hydrogens (tertiary/aromatic N) is 2. The highest BCUT2D eigenvalue weighted by Crippen LogP contribution is 2.17. The smallest absolute Gasteiger partial charge is 0.290 e. The molecule has 3 heteroatoms. The fourth-order valence-electron chi connectivity index (χ4n) is 3.88. The molecule has 29 heavy (non-hydrogen) atoms. The van der Waals surface area contributed by atoms with E-state index in [1.165, 1.54) is 88.4 Å². The number of unbranched alkanes of at least 4 members (excludes halogenated alkanes) is 10. The lowest BCUT2D eigenvalue weighted by molar-refractivity contribution is -0.722. The minimum absolute atomic E-state index is 0.642. The first-order valence-electron chi connectivity index (χ1n) is 12.1. The van der Waals surface area contributed by atoms with Crippen LogP contribution >= 0.6 is 0 Å². The second kappa shape index (κ2) is 15.3. The molecule has 1 heterocycles. The number of hydrogen-bond donors (Lipinski definition) is 0. The van der Waals surface area contributed by atoms with Gasteiger partial charge in [-0.2, -0.15) is 0 Å². The zero-order valence-electron chi connectivity index (χ0n) is 19.0. The highest BCUT2D eigenvalue weighted by atomic mass is 16.5. The monoisotopic (exact) mass is 399 g/mol. The number of aryl methyl sites for hydroxylation is 1. The molecule has 0 fully saturated rings. The minimum atomic E-state index is 0.642. The average Bonchev–Trinajstić information content (AvgIpc) is 3.16. The molecule has 0 saturated carbocycles. The average molecular weight is 400 g/mol. The first kappa shape index (κ1) is 23.7. The standard InChI is InChI=1S/C26H43N2O/c1-3-5-7-9-11-16-20-27-21-22-28(26(27)25-18-14-13-15-19-25)24-29-23-17-12-10-8-6-4-2/h13-15,18-19,21-22H,3-12,16-17,20,23-24H2,1-2H3/q+1. The van der Waals surface area contributed by atoms with E-state index in [1.807, 2.05) is 0 Å². The zero-order valence-corrected chi connectivity index (χ0v) is 19.0. The molecule has 0 spiro atoms. The van der Waals surface area contributed by atoms with Gasteiger partial charge in [-0.25, -0.2) is 9.13 Å². The normalized spacial score (nSPS) is 11.2. The lowest BCUT2D eigenvalue weighted by Crippen LogP contribution is -2.36. The van der Waals surface area contributed by atoms with Crippen molar-refractivity contribution in [1.29, 1.82) is 0 Å². The topological polar surface area (TPSA) is 18.0 Å². The summed E-state index contributed by atoms with van der Waals surface area (Å²) in [5.41, 5.74) is 1.27. The molecule has 1 aromatic heterocycles. The lowest BCUT2D eigenvalue weighted by atomic mass is 10.1. The van der Waals surface area contributed by atoms with Gasteiger partial charge >= 0.3 is 0 Å². The van der Waals surface area contributed by atoms with Gasteiger partial charge in [-0.1, -0.05) is 89.8 Å². The molecule has 0 saturated heterocycles. The van der Waals surface area contributed by atoms with E-state index in [1.54, 1.807) is 0 Å². The van der Waals surface area contributed by atoms with E-state index in [4.69, 9.17) is 4.74 Å².